The number of hydrogen-bond donors (Lipinski definition) is 2. The summed E-state index contributed by atoms with van der Waals surface area (Å²) in [6, 6.07) is 14.2. The van der Waals surface area contributed by atoms with Crippen LogP contribution in [0.15, 0.2) is 48.5 Å². The highest BCUT2D eigenvalue weighted by Gasteiger charge is 2.02. The van der Waals surface area contributed by atoms with Crippen molar-refractivity contribution in [3.63, 3.8) is 0 Å². The highest BCUT2D eigenvalue weighted by Crippen LogP contribution is 2.14. The van der Waals surface area contributed by atoms with Gasteiger partial charge < -0.3 is 10.6 Å². The molecule has 3 nitrogen and oxygen atoms in total. The minimum Gasteiger partial charge on any atom is -0.326 e. The molecule has 4 heteroatoms. The smallest absolute Gasteiger partial charge is 0.221 e. The summed E-state index contributed by atoms with van der Waals surface area (Å²) >= 11 is 0. The predicted molar refractivity (Wildman–Crippen MR) is 82.6 cm³/mol. The van der Waals surface area contributed by atoms with Gasteiger partial charge in [0.05, 0.1) is 0 Å². The zero-order valence-corrected chi connectivity index (χ0v) is 12.0. The Morgan fingerprint density at radius 2 is 1.81 bits per heavy atom. The Kier molecular flexibility index (Phi) is 5.46. The van der Waals surface area contributed by atoms with Gasteiger partial charge in [-0.3, -0.25) is 4.79 Å². The fourth-order valence-electron chi connectivity index (χ4n) is 2.09. The van der Waals surface area contributed by atoms with Gasteiger partial charge in [0.1, 0.15) is 5.82 Å². The molecule has 2 N–H and O–H groups in total. The first-order chi connectivity index (χ1) is 10.1. The van der Waals surface area contributed by atoms with Crippen LogP contribution in [0, 0.1) is 5.82 Å². The lowest BCUT2D eigenvalue weighted by Crippen LogP contribution is -2.18. The zero-order chi connectivity index (χ0) is 15.1. The van der Waals surface area contributed by atoms with Crippen molar-refractivity contribution in [2.45, 2.75) is 19.9 Å². The van der Waals surface area contributed by atoms with Gasteiger partial charge in [-0.2, -0.15) is 0 Å². The summed E-state index contributed by atoms with van der Waals surface area (Å²) in [6.07, 6.45) is 0.836. The van der Waals surface area contributed by atoms with Crippen LogP contribution in [0.2, 0.25) is 0 Å². The van der Waals surface area contributed by atoms with Gasteiger partial charge >= 0.3 is 0 Å². The first-order valence-corrected chi connectivity index (χ1v) is 6.96. The van der Waals surface area contributed by atoms with Crippen molar-refractivity contribution in [1.29, 1.82) is 0 Å². The van der Waals surface area contributed by atoms with E-state index in [4.69, 9.17) is 0 Å². The second-order valence-corrected chi connectivity index (χ2v) is 4.89. The van der Waals surface area contributed by atoms with E-state index in [1.165, 1.54) is 19.1 Å². The molecular formula is C17H19FN2O. The first kappa shape index (κ1) is 15.2. The van der Waals surface area contributed by atoms with E-state index in [-0.39, 0.29) is 11.7 Å². The lowest BCUT2D eigenvalue weighted by molar-refractivity contribution is -0.114. The van der Waals surface area contributed by atoms with Crippen molar-refractivity contribution in [3.8, 4) is 0 Å². The SMILES string of the molecule is CC(=O)Nc1ccccc1CNCCc1ccc(F)cc1. The molecule has 0 aliphatic carbocycles. The molecular weight excluding hydrogens is 267 g/mol. The van der Waals surface area contributed by atoms with Gasteiger partial charge in [0.15, 0.2) is 0 Å². The van der Waals surface area contributed by atoms with Crippen molar-refractivity contribution in [3.05, 3.63) is 65.5 Å². The van der Waals surface area contributed by atoms with E-state index in [1.54, 1.807) is 12.1 Å². The maximum absolute atomic E-state index is 12.8. The molecule has 0 aliphatic rings. The highest BCUT2D eigenvalue weighted by molar-refractivity contribution is 5.89. The molecule has 2 aromatic carbocycles. The van der Waals surface area contributed by atoms with Gasteiger partial charge in [-0.1, -0.05) is 30.3 Å². The molecule has 2 rings (SSSR count). The lowest BCUT2D eigenvalue weighted by atomic mass is 10.1. The fraction of sp³-hybridized carbons (Fsp3) is 0.235. The average molecular weight is 286 g/mol. The second-order valence-electron chi connectivity index (χ2n) is 4.89. The summed E-state index contributed by atoms with van der Waals surface area (Å²) < 4.78 is 12.8. The number of hydrogen-bond acceptors (Lipinski definition) is 2. The van der Waals surface area contributed by atoms with Crippen LogP contribution in [0.4, 0.5) is 10.1 Å². The second kappa shape index (κ2) is 7.55. The molecule has 0 heterocycles. The summed E-state index contributed by atoms with van der Waals surface area (Å²) in [7, 11) is 0. The van der Waals surface area contributed by atoms with Crippen molar-refractivity contribution in [2.24, 2.45) is 0 Å². The number of benzene rings is 2. The predicted octanol–water partition coefficient (Wildman–Crippen LogP) is 3.12. The quantitative estimate of drug-likeness (QED) is 0.801. The maximum Gasteiger partial charge on any atom is 0.221 e. The number of nitrogens with one attached hydrogen (secondary N) is 2. The third-order valence-electron chi connectivity index (χ3n) is 3.15. The van der Waals surface area contributed by atoms with E-state index in [2.05, 4.69) is 10.6 Å². The van der Waals surface area contributed by atoms with Crippen LogP contribution >= 0.6 is 0 Å². The van der Waals surface area contributed by atoms with Gasteiger partial charge in [-0.05, 0) is 42.3 Å². The van der Waals surface area contributed by atoms with Gasteiger partial charge in [0, 0.05) is 19.2 Å². The Hall–Kier alpha value is -2.20. The van der Waals surface area contributed by atoms with Crippen LogP contribution in [0.1, 0.15) is 18.1 Å². The highest BCUT2D eigenvalue weighted by atomic mass is 19.1. The first-order valence-electron chi connectivity index (χ1n) is 6.96. The number of carbonyl (C=O) groups is 1. The third-order valence-corrected chi connectivity index (χ3v) is 3.15. The molecule has 110 valence electrons. The molecule has 0 saturated heterocycles. The van der Waals surface area contributed by atoms with E-state index in [0.29, 0.717) is 6.54 Å². The van der Waals surface area contributed by atoms with Crippen LogP contribution in [0.5, 0.6) is 0 Å². The molecule has 0 bridgehead atoms. The van der Waals surface area contributed by atoms with Crippen molar-refractivity contribution in [1.82, 2.24) is 5.32 Å². The standard InChI is InChI=1S/C17H19FN2O/c1-13(21)20-17-5-3-2-4-15(17)12-19-11-10-14-6-8-16(18)9-7-14/h2-9,19H,10-12H2,1H3,(H,20,21). The number of para-hydroxylation sites is 1. The summed E-state index contributed by atoms with van der Waals surface area (Å²) in [4.78, 5) is 11.1. The molecule has 2 aromatic rings. The van der Waals surface area contributed by atoms with E-state index in [0.717, 1.165) is 29.8 Å². The van der Waals surface area contributed by atoms with Crippen LogP contribution in [-0.2, 0) is 17.8 Å². The Labute approximate surface area is 124 Å². The van der Waals surface area contributed by atoms with E-state index in [9.17, 15) is 9.18 Å². The zero-order valence-electron chi connectivity index (χ0n) is 12.0. The van der Waals surface area contributed by atoms with Crippen molar-refractivity contribution < 1.29 is 9.18 Å². The Morgan fingerprint density at radius 3 is 2.52 bits per heavy atom. The molecule has 21 heavy (non-hydrogen) atoms. The molecule has 0 saturated carbocycles. The minimum atomic E-state index is -0.212. The molecule has 1 amide bonds. The monoisotopic (exact) mass is 286 g/mol. The van der Waals surface area contributed by atoms with Crippen molar-refractivity contribution >= 4 is 11.6 Å². The molecule has 0 atom stereocenters. The van der Waals surface area contributed by atoms with E-state index < -0.39 is 0 Å². The Morgan fingerprint density at radius 1 is 1.10 bits per heavy atom. The largest absolute Gasteiger partial charge is 0.326 e. The number of anilines is 1. The van der Waals surface area contributed by atoms with Gasteiger partial charge in [-0.15, -0.1) is 0 Å². The van der Waals surface area contributed by atoms with Crippen LogP contribution in [0.3, 0.4) is 0 Å². The fourth-order valence-corrected chi connectivity index (χ4v) is 2.09. The normalized spacial score (nSPS) is 10.4. The summed E-state index contributed by atoms with van der Waals surface area (Å²) in [5.74, 6) is -0.287. The van der Waals surface area contributed by atoms with Gasteiger partial charge in [0.25, 0.3) is 0 Å². The third kappa shape index (κ3) is 5.00. The van der Waals surface area contributed by atoms with E-state index >= 15 is 0 Å². The van der Waals surface area contributed by atoms with Crippen LogP contribution in [0.25, 0.3) is 0 Å². The summed E-state index contributed by atoms with van der Waals surface area (Å²) in [5.41, 5.74) is 2.98. The molecule has 0 aromatic heterocycles. The Balaban J connectivity index is 1.83. The minimum absolute atomic E-state index is 0.0752. The van der Waals surface area contributed by atoms with Crippen molar-refractivity contribution in [2.75, 3.05) is 11.9 Å². The molecule has 0 spiro atoms. The number of carbonyl (C=O) groups excluding carboxylic acids is 1. The number of amides is 1. The van der Waals surface area contributed by atoms with E-state index in [1.807, 2.05) is 24.3 Å². The topological polar surface area (TPSA) is 41.1 Å². The molecule has 0 unspecified atom stereocenters. The summed E-state index contributed by atoms with van der Waals surface area (Å²) in [6.45, 7) is 2.97. The lowest BCUT2D eigenvalue weighted by Gasteiger charge is -2.11. The Bertz CT molecular complexity index is 596. The molecule has 0 radical (unpaired) electrons. The number of halogens is 1. The van der Waals surface area contributed by atoms with Crippen LogP contribution in [-0.4, -0.2) is 12.5 Å². The molecule has 0 aliphatic heterocycles. The average Bonchev–Trinajstić information content (AvgIpc) is 2.46. The number of rotatable bonds is 6. The van der Waals surface area contributed by atoms with Crippen LogP contribution < -0.4 is 10.6 Å². The summed E-state index contributed by atoms with van der Waals surface area (Å²) in [5, 5.41) is 6.15. The van der Waals surface area contributed by atoms with Gasteiger partial charge in [0.2, 0.25) is 5.91 Å². The molecule has 0 fully saturated rings. The maximum atomic E-state index is 12.8. The van der Waals surface area contributed by atoms with Gasteiger partial charge in [-0.25, -0.2) is 4.39 Å².